The van der Waals surface area contributed by atoms with Crippen LogP contribution in [0.15, 0.2) is 24.3 Å². The van der Waals surface area contributed by atoms with Crippen LogP contribution in [-0.4, -0.2) is 82.3 Å². The molecule has 0 aromatic heterocycles. The first kappa shape index (κ1) is 70.8. The molecule has 2 atom stereocenters. The average Bonchev–Trinajstić information content (AvgIpc) is 3.36. The zero-order valence-electron chi connectivity index (χ0n) is 49.0. The second kappa shape index (κ2) is 56.0. The van der Waals surface area contributed by atoms with Gasteiger partial charge in [-0.1, -0.05) is 282 Å². The van der Waals surface area contributed by atoms with E-state index in [1.807, 2.05) is 21.1 Å². The lowest BCUT2D eigenvalue weighted by Gasteiger charge is -2.26. The van der Waals surface area contributed by atoms with Gasteiger partial charge in [0.15, 0.2) is 12.4 Å². The number of carboxylic acid groups (broad SMARTS) is 1. The molecule has 0 fully saturated rings. The topological polar surface area (TPSA) is 111 Å². The molecule has 0 saturated carbocycles. The van der Waals surface area contributed by atoms with Gasteiger partial charge in [-0.3, -0.25) is 9.59 Å². The minimum Gasteiger partial charge on any atom is -0.545 e. The molecule has 0 aromatic carbocycles. The highest BCUT2D eigenvalue weighted by Crippen LogP contribution is 2.18. The summed E-state index contributed by atoms with van der Waals surface area (Å²) in [7, 11) is 5.92. The maximum Gasteiger partial charge on any atom is 0.306 e. The predicted molar refractivity (Wildman–Crippen MR) is 306 cm³/mol. The molecule has 73 heavy (non-hydrogen) atoms. The van der Waals surface area contributed by atoms with Crippen molar-refractivity contribution in [2.24, 2.45) is 0 Å². The van der Waals surface area contributed by atoms with Crippen LogP contribution in [0.3, 0.4) is 0 Å². The van der Waals surface area contributed by atoms with E-state index in [0.717, 1.165) is 64.2 Å². The van der Waals surface area contributed by atoms with Crippen molar-refractivity contribution < 1.29 is 42.9 Å². The SMILES string of the molecule is CCC/C=C\C/C=C\CCCCCCCC(=O)OC(COC(=O)CCCCCCCCCCCCCCCCCCCCCCCCCCCCCCCCCCCCC)COC(OCC[N+](C)(C)C)C(=O)[O-]. The van der Waals surface area contributed by atoms with Crippen LogP contribution in [-0.2, 0) is 33.3 Å². The van der Waals surface area contributed by atoms with E-state index in [1.165, 1.54) is 212 Å². The van der Waals surface area contributed by atoms with Gasteiger partial charge in [-0.05, 0) is 38.5 Å². The molecule has 0 radical (unpaired) electrons. The van der Waals surface area contributed by atoms with Crippen LogP contribution in [0.25, 0.3) is 0 Å². The third kappa shape index (κ3) is 57.3. The maximum absolute atomic E-state index is 12.8. The molecule has 9 nitrogen and oxygen atoms in total. The van der Waals surface area contributed by atoms with E-state index < -0.39 is 24.3 Å². The summed E-state index contributed by atoms with van der Waals surface area (Å²) in [4.78, 5) is 37.2. The Kier molecular flexibility index (Phi) is 54.3. The number of carboxylic acids is 1. The second-order valence-corrected chi connectivity index (χ2v) is 22.7. The Hall–Kier alpha value is -2.23. The van der Waals surface area contributed by atoms with Gasteiger partial charge in [0.05, 0.1) is 40.3 Å². The van der Waals surface area contributed by atoms with Crippen molar-refractivity contribution in [2.45, 2.75) is 322 Å². The molecule has 0 N–H and O–H groups in total. The lowest BCUT2D eigenvalue weighted by atomic mass is 10.0. The predicted octanol–water partition coefficient (Wildman–Crippen LogP) is 17.4. The van der Waals surface area contributed by atoms with E-state index in [2.05, 4.69) is 38.2 Å². The van der Waals surface area contributed by atoms with Gasteiger partial charge in [0, 0.05) is 12.8 Å². The summed E-state index contributed by atoms with van der Waals surface area (Å²) in [6.07, 6.45) is 64.2. The molecule has 0 aromatic rings. The van der Waals surface area contributed by atoms with Gasteiger partial charge in [-0.25, -0.2) is 0 Å². The Balaban J connectivity index is 3.94. The van der Waals surface area contributed by atoms with Crippen molar-refractivity contribution in [1.82, 2.24) is 0 Å². The minimum absolute atomic E-state index is 0.147. The fraction of sp³-hybridized carbons (Fsp3) is 0.891. The first-order valence-corrected chi connectivity index (χ1v) is 31.5. The van der Waals surface area contributed by atoms with Crippen LogP contribution in [0, 0.1) is 0 Å². The van der Waals surface area contributed by atoms with Gasteiger partial charge in [0.2, 0.25) is 0 Å². The zero-order chi connectivity index (χ0) is 53.4. The largest absolute Gasteiger partial charge is 0.545 e. The van der Waals surface area contributed by atoms with Gasteiger partial charge >= 0.3 is 11.9 Å². The van der Waals surface area contributed by atoms with Crippen molar-refractivity contribution in [1.29, 1.82) is 0 Å². The highest BCUT2D eigenvalue weighted by molar-refractivity contribution is 5.70. The molecular formula is C64H121NO8. The molecule has 0 aliphatic rings. The quantitative estimate of drug-likeness (QED) is 0.0195. The Morgan fingerprint density at radius 2 is 0.767 bits per heavy atom. The number of allylic oxidation sites excluding steroid dienone is 4. The number of hydrogen-bond acceptors (Lipinski definition) is 8. The smallest absolute Gasteiger partial charge is 0.306 e. The summed E-state index contributed by atoms with van der Waals surface area (Å²) >= 11 is 0. The van der Waals surface area contributed by atoms with Gasteiger partial charge in [-0.2, -0.15) is 0 Å². The lowest BCUT2D eigenvalue weighted by molar-refractivity contribution is -0.870. The maximum atomic E-state index is 12.8. The van der Waals surface area contributed by atoms with Crippen molar-refractivity contribution in [3.63, 3.8) is 0 Å². The molecule has 2 unspecified atom stereocenters. The third-order valence-corrected chi connectivity index (χ3v) is 14.2. The number of esters is 2. The van der Waals surface area contributed by atoms with Gasteiger partial charge in [0.1, 0.15) is 13.2 Å². The highest BCUT2D eigenvalue weighted by atomic mass is 16.7. The second-order valence-electron chi connectivity index (χ2n) is 22.7. The van der Waals surface area contributed by atoms with Crippen LogP contribution in [0.1, 0.15) is 309 Å². The fourth-order valence-electron chi connectivity index (χ4n) is 9.34. The monoisotopic (exact) mass is 1030 g/mol. The summed E-state index contributed by atoms with van der Waals surface area (Å²) in [6, 6.07) is 0. The molecule has 0 aliphatic heterocycles. The molecule has 0 saturated heterocycles. The van der Waals surface area contributed by atoms with Gasteiger partial charge in [-0.15, -0.1) is 0 Å². The number of aliphatic carboxylic acids is 1. The molecule has 9 heteroatoms. The molecule has 0 bridgehead atoms. The van der Waals surface area contributed by atoms with E-state index in [4.69, 9.17) is 18.9 Å². The van der Waals surface area contributed by atoms with E-state index in [1.54, 1.807) is 0 Å². The number of likely N-dealkylation sites (N-methyl/N-ethyl adjacent to an activating group) is 1. The Morgan fingerprint density at radius 1 is 0.411 bits per heavy atom. The van der Waals surface area contributed by atoms with E-state index in [0.29, 0.717) is 23.9 Å². The Labute approximate surface area is 452 Å². The number of unbranched alkanes of at least 4 members (excludes halogenated alkanes) is 40. The molecule has 0 heterocycles. The summed E-state index contributed by atoms with van der Waals surface area (Å²) < 4.78 is 22.7. The normalized spacial score (nSPS) is 12.8. The highest BCUT2D eigenvalue weighted by Gasteiger charge is 2.22. The summed E-state index contributed by atoms with van der Waals surface area (Å²) in [5.41, 5.74) is 0. The molecule has 0 rings (SSSR count). The van der Waals surface area contributed by atoms with Crippen LogP contribution in [0.2, 0.25) is 0 Å². The molecular weight excluding hydrogens is 911 g/mol. The number of quaternary nitrogens is 1. The summed E-state index contributed by atoms with van der Waals surface area (Å²) in [5.74, 6) is -2.29. The number of rotatable bonds is 59. The average molecular weight is 1030 g/mol. The Morgan fingerprint density at radius 3 is 1.14 bits per heavy atom. The fourth-order valence-corrected chi connectivity index (χ4v) is 9.34. The van der Waals surface area contributed by atoms with Crippen LogP contribution in [0.4, 0.5) is 0 Å². The molecule has 0 aliphatic carbocycles. The third-order valence-electron chi connectivity index (χ3n) is 14.2. The van der Waals surface area contributed by atoms with Gasteiger partial charge < -0.3 is 33.3 Å². The number of carbonyl (C=O) groups is 3. The van der Waals surface area contributed by atoms with Crippen molar-refractivity contribution >= 4 is 17.9 Å². The molecule has 430 valence electrons. The van der Waals surface area contributed by atoms with Gasteiger partial charge in [0.25, 0.3) is 0 Å². The summed E-state index contributed by atoms with van der Waals surface area (Å²) in [5, 5.41) is 11.7. The Bertz CT molecular complexity index is 1250. The number of nitrogens with zero attached hydrogens (tertiary/aromatic N) is 1. The number of ether oxygens (including phenoxy) is 4. The van der Waals surface area contributed by atoms with Crippen molar-refractivity contribution in [3.8, 4) is 0 Å². The van der Waals surface area contributed by atoms with E-state index in [-0.39, 0.29) is 32.2 Å². The molecule has 0 amide bonds. The molecule has 0 spiro atoms. The van der Waals surface area contributed by atoms with Crippen LogP contribution < -0.4 is 5.11 Å². The van der Waals surface area contributed by atoms with Crippen LogP contribution >= 0.6 is 0 Å². The number of carbonyl (C=O) groups excluding carboxylic acids is 3. The zero-order valence-corrected chi connectivity index (χ0v) is 49.0. The van der Waals surface area contributed by atoms with Crippen molar-refractivity contribution in [3.05, 3.63) is 24.3 Å². The first-order valence-electron chi connectivity index (χ1n) is 31.5. The van der Waals surface area contributed by atoms with Crippen molar-refractivity contribution in [2.75, 3.05) is 47.5 Å². The lowest BCUT2D eigenvalue weighted by Crippen LogP contribution is -2.44. The van der Waals surface area contributed by atoms with E-state index in [9.17, 15) is 19.5 Å². The van der Waals surface area contributed by atoms with Crippen LogP contribution in [0.5, 0.6) is 0 Å². The number of hydrogen-bond donors (Lipinski definition) is 0. The van der Waals surface area contributed by atoms with E-state index >= 15 is 0 Å². The summed E-state index contributed by atoms with van der Waals surface area (Å²) in [6.45, 7) is 4.71. The standard InChI is InChI=1S/C64H121NO8/c1-6-8-10-12-14-16-18-20-21-22-23-24-25-26-27-28-29-30-31-32-33-34-35-36-37-38-39-40-41-43-44-46-48-50-52-54-61(66)71-58-60(59-72-64(63(68)69)70-57-56-65(3,4)5)73-62(67)55-53-51-49-47-45-42-19-17-15-13-11-9-7-2/h11,13,17,19,60,64H,6-10,12,14-16,18,20-59H2,1-5H3/b13-11-,19-17-. The first-order chi connectivity index (χ1) is 35.6. The minimum atomic E-state index is -1.62.